The monoisotopic (exact) mass is 403 g/mol. The van der Waals surface area contributed by atoms with Crippen molar-refractivity contribution in [2.24, 2.45) is 0 Å². The van der Waals surface area contributed by atoms with Crippen molar-refractivity contribution in [2.75, 3.05) is 13.6 Å². The lowest BCUT2D eigenvalue weighted by Crippen LogP contribution is -2.27. The van der Waals surface area contributed by atoms with Crippen molar-refractivity contribution in [3.05, 3.63) is 53.9 Å². The van der Waals surface area contributed by atoms with E-state index in [4.69, 9.17) is 4.42 Å². The zero-order chi connectivity index (χ0) is 20.8. The second kappa shape index (κ2) is 7.56. The molecule has 0 spiro atoms. The summed E-state index contributed by atoms with van der Waals surface area (Å²) in [5.41, 5.74) is 5.87. The zero-order valence-corrected chi connectivity index (χ0v) is 17.9. The van der Waals surface area contributed by atoms with Crippen LogP contribution in [0.3, 0.4) is 0 Å². The first kappa shape index (κ1) is 19.3. The highest BCUT2D eigenvalue weighted by atomic mass is 16.3. The molecule has 0 aliphatic heterocycles. The molecule has 0 saturated carbocycles. The summed E-state index contributed by atoms with van der Waals surface area (Å²) in [6.07, 6.45) is 5.77. The van der Waals surface area contributed by atoms with E-state index in [2.05, 4.69) is 65.7 Å². The van der Waals surface area contributed by atoms with E-state index in [1.165, 1.54) is 27.4 Å². The van der Waals surface area contributed by atoms with Gasteiger partial charge in [-0.2, -0.15) is 0 Å². The van der Waals surface area contributed by atoms with Crippen molar-refractivity contribution in [1.82, 2.24) is 14.5 Å². The van der Waals surface area contributed by atoms with Crippen LogP contribution in [0.25, 0.3) is 33.3 Å². The van der Waals surface area contributed by atoms with E-state index in [0.717, 1.165) is 43.5 Å². The third kappa shape index (κ3) is 3.13. The predicted octanol–water partition coefficient (Wildman–Crippen LogP) is 5.16. The van der Waals surface area contributed by atoms with E-state index >= 15 is 0 Å². The maximum absolute atomic E-state index is 10.4. The van der Waals surface area contributed by atoms with Crippen molar-refractivity contribution < 1.29 is 9.52 Å². The second-order valence-corrected chi connectivity index (χ2v) is 8.73. The molecule has 156 valence electrons. The number of rotatable bonds is 6. The first-order chi connectivity index (χ1) is 14.5. The van der Waals surface area contributed by atoms with Crippen LogP contribution in [0.2, 0.25) is 0 Å². The van der Waals surface area contributed by atoms with Gasteiger partial charge in [-0.3, -0.25) is 0 Å². The molecule has 5 rings (SSSR count). The van der Waals surface area contributed by atoms with E-state index < -0.39 is 0 Å². The molecule has 5 nitrogen and oxygen atoms in total. The van der Waals surface area contributed by atoms with Crippen LogP contribution in [0.1, 0.15) is 43.9 Å². The third-order valence-electron chi connectivity index (χ3n) is 6.65. The molecule has 1 unspecified atom stereocenters. The quantitative estimate of drug-likeness (QED) is 0.483. The van der Waals surface area contributed by atoms with E-state index in [0.29, 0.717) is 11.9 Å². The van der Waals surface area contributed by atoms with Crippen LogP contribution >= 0.6 is 0 Å². The molecule has 1 aliphatic carbocycles. The Bertz CT molecular complexity index is 1190. The van der Waals surface area contributed by atoms with Gasteiger partial charge in [-0.1, -0.05) is 6.07 Å². The summed E-state index contributed by atoms with van der Waals surface area (Å²) in [5.74, 6) is 0.643. The predicted molar refractivity (Wildman–Crippen MR) is 121 cm³/mol. The van der Waals surface area contributed by atoms with Gasteiger partial charge in [0.15, 0.2) is 0 Å². The number of aryl methyl sites for hydroxylation is 2. The molecule has 1 N–H and O–H groups in total. The van der Waals surface area contributed by atoms with E-state index in [1.54, 1.807) is 12.5 Å². The number of aromatic nitrogens is 2. The van der Waals surface area contributed by atoms with Crippen LogP contribution in [-0.2, 0) is 13.0 Å². The van der Waals surface area contributed by atoms with Crippen molar-refractivity contribution in [3.8, 4) is 11.5 Å². The first-order valence-electron chi connectivity index (χ1n) is 10.9. The third-order valence-corrected chi connectivity index (χ3v) is 6.65. The largest absolute Gasteiger partial charge is 0.445 e. The maximum atomic E-state index is 10.4. The molecule has 1 aliphatic rings. The molecule has 0 saturated heterocycles. The number of aliphatic hydroxyl groups is 1. The summed E-state index contributed by atoms with van der Waals surface area (Å²) in [6, 6.07) is 11.4. The first-order valence-corrected chi connectivity index (χ1v) is 10.9. The summed E-state index contributed by atoms with van der Waals surface area (Å²) in [4.78, 5) is 6.72. The lowest BCUT2D eigenvalue weighted by Gasteiger charge is -2.21. The van der Waals surface area contributed by atoms with Gasteiger partial charge in [0.2, 0.25) is 5.89 Å². The minimum absolute atomic E-state index is 0.350. The van der Waals surface area contributed by atoms with Crippen LogP contribution in [0.15, 0.2) is 47.2 Å². The summed E-state index contributed by atoms with van der Waals surface area (Å²) in [6.45, 7) is 6.51. The normalized spacial score (nSPS) is 16.4. The van der Waals surface area contributed by atoms with E-state index in [1.807, 2.05) is 0 Å². The number of oxazole rings is 1. The molecular formula is C25H29N3O2. The van der Waals surface area contributed by atoms with Crippen molar-refractivity contribution in [1.29, 1.82) is 0 Å². The van der Waals surface area contributed by atoms with Gasteiger partial charge in [0.05, 0.1) is 12.3 Å². The minimum atomic E-state index is -0.350. The summed E-state index contributed by atoms with van der Waals surface area (Å²) in [7, 11) is 2.19. The smallest absolute Gasteiger partial charge is 0.225 e. The Hall–Kier alpha value is -2.63. The maximum Gasteiger partial charge on any atom is 0.225 e. The second-order valence-electron chi connectivity index (χ2n) is 8.73. The van der Waals surface area contributed by atoms with Crippen molar-refractivity contribution >= 4 is 21.8 Å². The Morgan fingerprint density at radius 3 is 2.83 bits per heavy atom. The highest BCUT2D eigenvalue weighted by Gasteiger charge is 2.25. The summed E-state index contributed by atoms with van der Waals surface area (Å²) < 4.78 is 7.99. The Labute approximate surface area is 176 Å². The molecule has 5 heteroatoms. The molecule has 0 radical (unpaired) electrons. The average molecular weight is 404 g/mol. The van der Waals surface area contributed by atoms with Crippen LogP contribution < -0.4 is 0 Å². The molecular weight excluding hydrogens is 374 g/mol. The SMILES string of the molecule is CC(C)N(C)CCCn1c2ccc(-c3ncco3)cc2c2c3c(ccc21)C(O)CC3. The van der Waals surface area contributed by atoms with Crippen LogP contribution in [0.5, 0.6) is 0 Å². The summed E-state index contributed by atoms with van der Waals surface area (Å²) >= 11 is 0. The van der Waals surface area contributed by atoms with Crippen molar-refractivity contribution in [3.63, 3.8) is 0 Å². The Balaban J connectivity index is 1.65. The van der Waals surface area contributed by atoms with Crippen LogP contribution in [-0.4, -0.2) is 39.2 Å². The summed E-state index contributed by atoms with van der Waals surface area (Å²) in [5, 5.41) is 12.9. The van der Waals surface area contributed by atoms with Crippen LogP contribution in [0, 0.1) is 0 Å². The molecule has 0 amide bonds. The Kier molecular flexibility index (Phi) is 4.88. The van der Waals surface area contributed by atoms with Crippen LogP contribution in [0.4, 0.5) is 0 Å². The number of hydrogen-bond acceptors (Lipinski definition) is 4. The van der Waals surface area contributed by atoms with Gasteiger partial charge in [-0.25, -0.2) is 4.98 Å². The van der Waals surface area contributed by atoms with Gasteiger partial charge in [-0.05, 0) is 82.1 Å². The van der Waals surface area contributed by atoms with Gasteiger partial charge in [0, 0.05) is 40.0 Å². The Morgan fingerprint density at radius 2 is 2.07 bits per heavy atom. The lowest BCUT2D eigenvalue weighted by atomic mass is 10.0. The average Bonchev–Trinajstić information content (AvgIpc) is 3.46. The topological polar surface area (TPSA) is 54.4 Å². The lowest BCUT2D eigenvalue weighted by molar-refractivity contribution is 0.180. The molecule has 2 heterocycles. The molecule has 2 aromatic heterocycles. The Morgan fingerprint density at radius 1 is 1.23 bits per heavy atom. The van der Waals surface area contributed by atoms with E-state index in [-0.39, 0.29) is 6.10 Å². The number of aliphatic hydroxyl groups excluding tert-OH is 1. The molecule has 4 aromatic rings. The fourth-order valence-electron chi connectivity index (χ4n) is 4.77. The van der Waals surface area contributed by atoms with Gasteiger partial charge in [0.1, 0.15) is 6.26 Å². The molecule has 2 aromatic carbocycles. The highest BCUT2D eigenvalue weighted by molar-refractivity contribution is 6.11. The standard InChI is InChI=1S/C25H29N3O2/c1-16(2)27(3)12-4-13-28-21-8-5-17(25-26-11-14-30-25)15-20(21)24-19-7-10-23(29)18(19)6-9-22(24)28/h5-6,8-9,11,14-16,23,29H,4,7,10,12-13H2,1-3H3. The van der Waals surface area contributed by atoms with E-state index in [9.17, 15) is 5.11 Å². The number of benzene rings is 2. The molecule has 30 heavy (non-hydrogen) atoms. The minimum Gasteiger partial charge on any atom is -0.445 e. The van der Waals surface area contributed by atoms with Gasteiger partial charge < -0.3 is 19.0 Å². The fraction of sp³-hybridized carbons (Fsp3) is 0.400. The molecule has 1 atom stereocenters. The number of hydrogen-bond donors (Lipinski definition) is 1. The number of nitrogens with zero attached hydrogens (tertiary/aromatic N) is 3. The van der Waals surface area contributed by atoms with Gasteiger partial charge in [0.25, 0.3) is 0 Å². The number of fused-ring (bicyclic) bond motifs is 5. The molecule has 0 fully saturated rings. The van der Waals surface area contributed by atoms with Crippen molar-refractivity contribution in [2.45, 2.75) is 51.8 Å². The van der Waals surface area contributed by atoms with Gasteiger partial charge >= 0.3 is 0 Å². The molecule has 0 bridgehead atoms. The fourth-order valence-corrected chi connectivity index (χ4v) is 4.77. The van der Waals surface area contributed by atoms with Gasteiger partial charge in [-0.15, -0.1) is 0 Å². The zero-order valence-electron chi connectivity index (χ0n) is 17.9. The highest BCUT2D eigenvalue weighted by Crippen LogP contribution is 2.41.